The van der Waals surface area contributed by atoms with Crippen LogP contribution >= 0.6 is 18.9 Å². The van der Waals surface area contributed by atoms with Gasteiger partial charge in [0.2, 0.25) is 0 Å². The first-order chi connectivity index (χ1) is 15.1. The lowest BCUT2D eigenvalue weighted by atomic mass is 10.1. The summed E-state index contributed by atoms with van der Waals surface area (Å²) in [6.45, 7) is 0. The van der Waals surface area contributed by atoms with Crippen LogP contribution in [0.5, 0.6) is 0 Å². The SMILES string of the molecule is COC(=O)c1ccc(C[P+](c2ccccc2)(c2ccccc2)c2ccccc2)c(Cl)c1. The second kappa shape index (κ2) is 9.47. The molecule has 0 N–H and O–H groups in total. The summed E-state index contributed by atoms with van der Waals surface area (Å²) in [4.78, 5) is 12.0. The maximum atomic E-state index is 12.0. The second-order valence-electron chi connectivity index (χ2n) is 7.27. The molecule has 0 spiro atoms. The molecule has 0 radical (unpaired) electrons. The number of hydrogen-bond acceptors (Lipinski definition) is 2. The number of halogens is 1. The van der Waals surface area contributed by atoms with E-state index in [1.807, 2.05) is 24.3 Å². The summed E-state index contributed by atoms with van der Waals surface area (Å²) in [6, 6.07) is 37.4. The van der Waals surface area contributed by atoms with Gasteiger partial charge in [-0.1, -0.05) is 72.3 Å². The third-order valence-electron chi connectivity index (χ3n) is 5.47. The second-order valence-corrected chi connectivity index (χ2v) is 11.2. The fourth-order valence-electron chi connectivity index (χ4n) is 3.94. The summed E-state index contributed by atoms with van der Waals surface area (Å²) in [7, 11) is -0.673. The van der Waals surface area contributed by atoms with Crippen molar-refractivity contribution in [3.8, 4) is 0 Å². The molecule has 0 bridgehead atoms. The predicted octanol–water partition coefficient (Wildman–Crippen LogP) is 5.62. The molecule has 0 unspecified atom stereocenters. The molecule has 31 heavy (non-hydrogen) atoms. The smallest absolute Gasteiger partial charge is 0.337 e. The Morgan fingerprint density at radius 3 is 1.58 bits per heavy atom. The van der Waals surface area contributed by atoms with Crippen molar-refractivity contribution in [3.63, 3.8) is 0 Å². The number of methoxy groups -OCH3 is 1. The number of carbonyl (C=O) groups excluding carboxylic acids is 1. The lowest BCUT2D eigenvalue weighted by Crippen LogP contribution is -2.32. The van der Waals surface area contributed by atoms with Crippen molar-refractivity contribution in [3.05, 3.63) is 125 Å². The first-order valence-corrected chi connectivity index (χ1v) is 12.4. The minimum Gasteiger partial charge on any atom is -0.465 e. The van der Waals surface area contributed by atoms with Gasteiger partial charge < -0.3 is 4.74 Å². The van der Waals surface area contributed by atoms with Gasteiger partial charge in [0.15, 0.2) is 0 Å². The minimum atomic E-state index is -2.05. The van der Waals surface area contributed by atoms with Crippen molar-refractivity contribution in [1.29, 1.82) is 0 Å². The number of benzene rings is 4. The average molecular weight is 446 g/mol. The van der Waals surface area contributed by atoms with E-state index < -0.39 is 7.26 Å². The topological polar surface area (TPSA) is 26.3 Å². The molecule has 2 nitrogen and oxygen atoms in total. The lowest BCUT2D eigenvalue weighted by molar-refractivity contribution is 0.0600. The van der Waals surface area contributed by atoms with Crippen LogP contribution < -0.4 is 15.9 Å². The maximum Gasteiger partial charge on any atom is 0.337 e. The highest BCUT2D eigenvalue weighted by Crippen LogP contribution is 2.58. The highest BCUT2D eigenvalue weighted by Gasteiger charge is 2.45. The number of ether oxygens (including phenoxy) is 1. The Hall–Kier alpha value is -2.93. The van der Waals surface area contributed by atoms with Gasteiger partial charge in [-0.05, 0) is 48.5 Å². The zero-order chi connectivity index (χ0) is 21.7. The molecular formula is C27H23ClO2P+. The van der Waals surface area contributed by atoms with Crippen LogP contribution in [0.1, 0.15) is 15.9 Å². The standard InChI is InChI=1S/C27H23ClO2P/c1-30-27(29)21-17-18-22(26(28)19-21)20-31(23-11-5-2-6-12-23,24-13-7-3-8-14-24)25-15-9-4-10-16-25/h2-19H,20H2,1H3/q+1. The Morgan fingerprint density at radius 1 is 0.742 bits per heavy atom. The monoisotopic (exact) mass is 445 g/mol. The summed E-state index contributed by atoms with van der Waals surface area (Å²) in [5.74, 6) is -0.385. The molecule has 0 fully saturated rings. The Morgan fingerprint density at radius 2 is 1.19 bits per heavy atom. The largest absolute Gasteiger partial charge is 0.465 e. The van der Waals surface area contributed by atoms with Gasteiger partial charge in [0.05, 0.1) is 18.8 Å². The van der Waals surface area contributed by atoms with E-state index >= 15 is 0 Å². The summed E-state index contributed by atoms with van der Waals surface area (Å²) in [6.07, 6.45) is 0.755. The van der Waals surface area contributed by atoms with Gasteiger partial charge in [0.1, 0.15) is 23.2 Å². The van der Waals surface area contributed by atoms with Crippen molar-refractivity contribution >= 4 is 40.7 Å². The molecule has 0 aliphatic heterocycles. The summed E-state index contributed by atoms with van der Waals surface area (Å²) in [5.41, 5.74) is 1.47. The van der Waals surface area contributed by atoms with Gasteiger partial charge in [-0.15, -0.1) is 0 Å². The summed E-state index contributed by atoms with van der Waals surface area (Å²) < 4.78 is 4.85. The average Bonchev–Trinajstić information content (AvgIpc) is 2.84. The summed E-state index contributed by atoms with van der Waals surface area (Å²) in [5, 5.41) is 4.46. The fraction of sp³-hybridized carbons (Fsp3) is 0.0741. The van der Waals surface area contributed by atoms with Crippen LogP contribution in [-0.4, -0.2) is 13.1 Å². The number of hydrogen-bond donors (Lipinski definition) is 0. The maximum absolute atomic E-state index is 12.0. The molecule has 0 heterocycles. The van der Waals surface area contributed by atoms with Crippen LogP contribution in [0.25, 0.3) is 0 Å². The van der Waals surface area contributed by atoms with Gasteiger partial charge in [-0.3, -0.25) is 0 Å². The third kappa shape index (κ3) is 4.28. The van der Waals surface area contributed by atoms with Crippen molar-refractivity contribution in [2.24, 2.45) is 0 Å². The third-order valence-corrected chi connectivity index (χ3v) is 10.2. The molecule has 0 aliphatic carbocycles. The quantitative estimate of drug-likeness (QED) is 0.284. The Balaban J connectivity index is 1.94. The zero-order valence-corrected chi connectivity index (χ0v) is 18.9. The molecule has 154 valence electrons. The highest BCUT2D eigenvalue weighted by atomic mass is 35.5. The zero-order valence-electron chi connectivity index (χ0n) is 17.2. The van der Waals surface area contributed by atoms with E-state index in [2.05, 4.69) is 72.8 Å². The minimum absolute atomic E-state index is 0.385. The van der Waals surface area contributed by atoms with Crippen LogP contribution in [0.3, 0.4) is 0 Å². The van der Waals surface area contributed by atoms with Gasteiger partial charge in [0, 0.05) is 10.6 Å². The molecule has 4 aromatic rings. The molecule has 0 atom stereocenters. The predicted molar refractivity (Wildman–Crippen MR) is 132 cm³/mol. The van der Waals surface area contributed by atoms with Crippen molar-refractivity contribution in [2.45, 2.75) is 6.16 Å². The number of esters is 1. The first-order valence-electron chi connectivity index (χ1n) is 10.1. The van der Waals surface area contributed by atoms with Gasteiger partial charge >= 0.3 is 5.97 Å². The van der Waals surface area contributed by atoms with Gasteiger partial charge in [-0.25, -0.2) is 4.79 Å². The molecule has 4 aromatic carbocycles. The van der Waals surface area contributed by atoms with E-state index in [0.29, 0.717) is 10.6 Å². The molecular weight excluding hydrogens is 423 g/mol. The van der Waals surface area contributed by atoms with Crippen LogP contribution in [0.4, 0.5) is 0 Å². The molecule has 0 amide bonds. The van der Waals surface area contributed by atoms with E-state index in [-0.39, 0.29) is 5.97 Å². The van der Waals surface area contributed by atoms with Crippen LogP contribution in [0.2, 0.25) is 5.02 Å². The van der Waals surface area contributed by atoms with E-state index in [9.17, 15) is 4.79 Å². The van der Waals surface area contributed by atoms with E-state index in [0.717, 1.165) is 11.7 Å². The molecule has 4 heteroatoms. The van der Waals surface area contributed by atoms with Crippen molar-refractivity contribution in [2.75, 3.05) is 7.11 Å². The van der Waals surface area contributed by atoms with E-state index in [4.69, 9.17) is 16.3 Å². The van der Waals surface area contributed by atoms with E-state index in [1.165, 1.54) is 23.0 Å². The first kappa shape index (κ1) is 21.3. The summed E-state index contributed by atoms with van der Waals surface area (Å²) >= 11 is 6.71. The Bertz CT molecular complexity index is 1070. The Kier molecular flexibility index (Phi) is 6.51. The molecule has 0 aliphatic rings. The van der Waals surface area contributed by atoms with Crippen LogP contribution in [0.15, 0.2) is 109 Å². The molecule has 0 saturated carbocycles. The van der Waals surface area contributed by atoms with Gasteiger partial charge in [0.25, 0.3) is 0 Å². The highest BCUT2D eigenvalue weighted by molar-refractivity contribution is 7.95. The number of rotatable bonds is 6. The Labute approximate surface area is 188 Å². The molecule has 0 saturated heterocycles. The van der Waals surface area contributed by atoms with Crippen molar-refractivity contribution in [1.82, 2.24) is 0 Å². The number of carbonyl (C=O) groups is 1. The normalized spacial score (nSPS) is 11.2. The van der Waals surface area contributed by atoms with Gasteiger partial charge in [-0.2, -0.15) is 0 Å². The fourth-order valence-corrected chi connectivity index (χ4v) is 8.56. The molecule has 4 rings (SSSR count). The van der Waals surface area contributed by atoms with E-state index in [1.54, 1.807) is 12.1 Å². The van der Waals surface area contributed by atoms with Crippen LogP contribution in [-0.2, 0) is 10.9 Å². The van der Waals surface area contributed by atoms with Crippen molar-refractivity contribution < 1.29 is 9.53 Å². The molecule has 0 aromatic heterocycles. The lowest BCUT2D eigenvalue weighted by Gasteiger charge is -2.28. The van der Waals surface area contributed by atoms with Crippen LogP contribution in [0, 0.1) is 0 Å².